The highest BCUT2D eigenvalue weighted by molar-refractivity contribution is 6.05. The third-order valence-corrected chi connectivity index (χ3v) is 8.87. The number of phenolic OH excluding ortho intramolecular Hbond substituents is 1. The highest BCUT2D eigenvalue weighted by atomic mass is 16.3. The Hall–Kier alpha value is -5.26. The number of carbonyl (C=O) groups excluding carboxylic acids is 7. The quantitative estimate of drug-likeness (QED) is 0.0608. The molecule has 11 N–H and O–H groups in total. The van der Waals surface area contributed by atoms with Crippen molar-refractivity contribution in [3.05, 3.63) is 29.8 Å². The summed E-state index contributed by atoms with van der Waals surface area (Å²) in [5, 5.41) is 33.9. The minimum atomic E-state index is -1.70. The number of aliphatic imine (C=N–C) groups is 1. The maximum absolute atomic E-state index is 14.4. The van der Waals surface area contributed by atoms with Crippen molar-refractivity contribution in [2.45, 2.75) is 116 Å². The van der Waals surface area contributed by atoms with E-state index in [9.17, 15) is 43.8 Å². The predicted octanol–water partition coefficient (Wildman–Crippen LogP) is -1.34. The van der Waals surface area contributed by atoms with Gasteiger partial charge in [0.1, 0.15) is 42.1 Å². The van der Waals surface area contributed by atoms with Crippen LogP contribution in [-0.4, -0.2) is 112 Å². The summed E-state index contributed by atoms with van der Waals surface area (Å²) in [6.45, 7) is 9.39. The van der Waals surface area contributed by atoms with E-state index in [1.54, 1.807) is 39.8 Å². The molecule has 1 fully saturated rings. The summed E-state index contributed by atoms with van der Waals surface area (Å²) in [6, 6.07) is -0.854. The lowest BCUT2D eigenvalue weighted by atomic mass is 9.99. The van der Waals surface area contributed by atoms with Crippen LogP contribution in [0.2, 0.25) is 0 Å². The van der Waals surface area contributed by atoms with Gasteiger partial charge in [0.15, 0.2) is 5.96 Å². The molecule has 54 heavy (non-hydrogen) atoms. The summed E-state index contributed by atoms with van der Waals surface area (Å²) >= 11 is 0. The zero-order valence-electron chi connectivity index (χ0n) is 31.9. The fourth-order valence-corrected chi connectivity index (χ4v) is 5.66. The summed E-state index contributed by atoms with van der Waals surface area (Å²) in [5.74, 6) is -6.96. The first kappa shape index (κ1) is 44.9. The molecule has 6 atom stereocenters. The number of guanidine groups is 1. The first-order chi connectivity index (χ1) is 25.3. The Morgan fingerprint density at radius 3 is 1.98 bits per heavy atom. The molecule has 18 nitrogen and oxygen atoms in total. The number of phenols is 1. The van der Waals surface area contributed by atoms with E-state index in [-0.39, 0.29) is 62.8 Å². The summed E-state index contributed by atoms with van der Waals surface area (Å²) in [4.78, 5) is 99.8. The molecule has 1 aromatic carbocycles. The molecule has 2 rings (SSSR count). The normalized spacial score (nSPS) is 22.3. The molecule has 0 bridgehead atoms. The number of hydrogen-bond donors (Lipinski definition) is 9. The van der Waals surface area contributed by atoms with Gasteiger partial charge >= 0.3 is 0 Å². The van der Waals surface area contributed by atoms with Crippen LogP contribution in [0.15, 0.2) is 29.3 Å². The number of benzene rings is 1. The second kappa shape index (κ2) is 21.4. The number of nitrogens with zero attached hydrogens (tertiary/aromatic N) is 2. The van der Waals surface area contributed by atoms with Crippen molar-refractivity contribution < 1.29 is 43.8 Å². The number of nitrogens with two attached hydrogens (primary N) is 2. The summed E-state index contributed by atoms with van der Waals surface area (Å²) in [5.41, 5.74) is 11.5. The number of amides is 7. The van der Waals surface area contributed by atoms with E-state index >= 15 is 0 Å². The molecule has 18 heteroatoms. The molecule has 1 aliphatic rings. The number of carbonyl (C=O) groups is 7. The van der Waals surface area contributed by atoms with Crippen LogP contribution in [0.5, 0.6) is 5.75 Å². The Labute approximate surface area is 315 Å². The molecule has 0 saturated carbocycles. The van der Waals surface area contributed by atoms with Gasteiger partial charge in [-0.05, 0) is 68.6 Å². The topological polar surface area (TPSA) is 288 Å². The maximum Gasteiger partial charge on any atom is 0.259 e. The van der Waals surface area contributed by atoms with Gasteiger partial charge in [-0.3, -0.25) is 43.5 Å². The number of nitrogens with one attached hydrogen (secondary N) is 5. The molecule has 0 aliphatic carbocycles. The fourth-order valence-electron chi connectivity index (χ4n) is 5.66. The van der Waals surface area contributed by atoms with Crippen molar-refractivity contribution in [3.8, 4) is 5.75 Å². The van der Waals surface area contributed by atoms with Gasteiger partial charge in [-0.1, -0.05) is 39.8 Å². The van der Waals surface area contributed by atoms with E-state index < -0.39 is 83.6 Å². The SMILES string of the molecule is CC(=O)NCCCC[C@@H]1NC(=O)[C@H](CCCN=C(N)N)NC(=O)[C@H](Cc2ccc(O)cc2)NC(=O)[C@H](C(C)C)NC(=O)C(C)N(C(=O)[C@@H](O)C(C)C)C1=O. The molecule has 1 aromatic rings. The number of rotatable bonds is 14. The standard InChI is InChI=1S/C36H57N9O9/c1-19(2)28-33(52)43-27(18-23-12-14-24(47)15-13-23)32(51)41-25(11-9-17-40-36(37)38)31(50)42-26(10-7-8-16-39-22(6)46)34(53)45(21(5)30(49)44-28)35(54)29(48)20(3)4/h12-15,19-21,25-29,47-48H,7-11,16-18H2,1-6H3,(H,39,46)(H,41,51)(H,42,50)(H,43,52)(H,44,49)(H4,37,38,40)/t21?,25-,26-,27-,28-,29-/m0/s1. The molecule has 0 radical (unpaired) electrons. The molecule has 1 heterocycles. The Kier molecular flexibility index (Phi) is 17.8. The number of imide groups is 1. The number of aliphatic hydroxyl groups is 1. The summed E-state index contributed by atoms with van der Waals surface area (Å²) < 4.78 is 0. The van der Waals surface area contributed by atoms with Gasteiger partial charge in [0.25, 0.3) is 11.8 Å². The maximum atomic E-state index is 14.4. The van der Waals surface area contributed by atoms with E-state index in [1.165, 1.54) is 26.0 Å². The van der Waals surface area contributed by atoms with Crippen LogP contribution >= 0.6 is 0 Å². The van der Waals surface area contributed by atoms with E-state index in [2.05, 4.69) is 31.6 Å². The van der Waals surface area contributed by atoms with Crippen molar-refractivity contribution >= 4 is 47.3 Å². The molecule has 7 amide bonds. The Morgan fingerprint density at radius 1 is 0.833 bits per heavy atom. The highest BCUT2D eigenvalue weighted by Gasteiger charge is 2.42. The highest BCUT2D eigenvalue weighted by Crippen LogP contribution is 2.17. The first-order valence-corrected chi connectivity index (χ1v) is 18.2. The van der Waals surface area contributed by atoms with E-state index in [0.29, 0.717) is 16.9 Å². The van der Waals surface area contributed by atoms with Gasteiger partial charge in [-0.15, -0.1) is 0 Å². The van der Waals surface area contributed by atoms with Crippen LogP contribution < -0.4 is 38.1 Å². The molecule has 0 spiro atoms. The average molecular weight is 760 g/mol. The van der Waals surface area contributed by atoms with Crippen molar-refractivity contribution in [2.24, 2.45) is 28.3 Å². The second-order valence-corrected chi connectivity index (χ2v) is 14.1. The molecule has 1 aliphatic heterocycles. The second-order valence-electron chi connectivity index (χ2n) is 14.1. The zero-order chi connectivity index (χ0) is 40.7. The molecule has 300 valence electrons. The van der Waals surface area contributed by atoms with Gasteiger partial charge in [0.05, 0.1) is 0 Å². The van der Waals surface area contributed by atoms with Crippen LogP contribution in [0.1, 0.15) is 79.2 Å². The number of unbranched alkanes of at least 4 members (excludes halogenated alkanes) is 1. The van der Waals surface area contributed by atoms with Crippen LogP contribution in [0, 0.1) is 11.8 Å². The van der Waals surface area contributed by atoms with Crippen LogP contribution in [0.3, 0.4) is 0 Å². The molecular formula is C36H57N9O9. The predicted molar refractivity (Wildman–Crippen MR) is 199 cm³/mol. The monoisotopic (exact) mass is 759 g/mol. The zero-order valence-corrected chi connectivity index (χ0v) is 31.9. The largest absolute Gasteiger partial charge is 0.508 e. The van der Waals surface area contributed by atoms with Gasteiger partial charge < -0.3 is 48.3 Å². The summed E-state index contributed by atoms with van der Waals surface area (Å²) in [6.07, 6.45) is -0.966. The number of aliphatic hydroxyl groups excluding tert-OH is 1. The minimum Gasteiger partial charge on any atom is -0.508 e. The van der Waals surface area contributed by atoms with Crippen molar-refractivity contribution in [1.82, 2.24) is 31.5 Å². The van der Waals surface area contributed by atoms with E-state index in [4.69, 9.17) is 11.5 Å². The van der Waals surface area contributed by atoms with Crippen molar-refractivity contribution in [1.29, 1.82) is 0 Å². The van der Waals surface area contributed by atoms with E-state index in [1.807, 2.05) is 0 Å². The molecule has 1 unspecified atom stereocenters. The van der Waals surface area contributed by atoms with Crippen LogP contribution in [0.4, 0.5) is 0 Å². The molecule has 1 saturated heterocycles. The van der Waals surface area contributed by atoms with Crippen LogP contribution in [0.25, 0.3) is 0 Å². The van der Waals surface area contributed by atoms with Crippen LogP contribution in [-0.2, 0) is 40.0 Å². The Bertz CT molecular complexity index is 1510. The van der Waals surface area contributed by atoms with Gasteiger partial charge in [-0.2, -0.15) is 0 Å². The van der Waals surface area contributed by atoms with Gasteiger partial charge in [0, 0.05) is 26.4 Å². The average Bonchev–Trinajstić information content (AvgIpc) is 3.10. The summed E-state index contributed by atoms with van der Waals surface area (Å²) in [7, 11) is 0. The molecule has 0 aromatic heterocycles. The molecular weight excluding hydrogens is 702 g/mol. The lowest BCUT2D eigenvalue weighted by Gasteiger charge is -2.34. The van der Waals surface area contributed by atoms with Gasteiger partial charge in [0.2, 0.25) is 29.5 Å². The third-order valence-electron chi connectivity index (χ3n) is 8.87. The number of hydrogen-bond acceptors (Lipinski definition) is 10. The van der Waals surface area contributed by atoms with E-state index in [0.717, 1.165) is 0 Å². The van der Waals surface area contributed by atoms with Crippen molar-refractivity contribution in [2.75, 3.05) is 13.1 Å². The lowest BCUT2D eigenvalue weighted by molar-refractivity contribution is -0.159. The number of aromatic hydroxyl groups is 1. The third kappa shape index (κ3) is 13.9. The van der Waals surface area contributed by atoms with Gasteiger partial charge in [-0.25, -0.2) is 0 Å². The van der Waals surface area contributed by atoms with Crippen molar-refractivity contribution in [3.63, 3.8) is 0 Å². The first-order valence-electron chi connectivity index (χ1n) is 18.2. The Balaban J connectivity index is 2.72. The minimum absolute atomic E-state index is 0.0164. The Morgan fingerprint density at radius 2 is 1.41 bits per heavy atom. The fraction of sp³-hybridized carbons (Fsp3) is 0.611. The smallest absolute Gasteiger partial charge is 0.259 e. The lowest BCUT2D eigenvalue weighted by Crippen LogP contribution is -2.62.